The minimum atomic E-state index is -1.56. The minimum Gasteiger partial charge on any atom is -0.479 e. The van der Waals surface area contributed by atoms with E-state index in [9.17, 15) is 14.7 Å². The van der Waals surface area contributed by atoms with Crippen LogP contribution < -0.4 is 5.32 Å². The lowest BCUT2D eigenvalue weighted by Gasteiger charge is -2.28. The predicted octanol–water partition coefficient (Wildman–Crippen LogP) is 1.06. The number of carboxylic acid groups (broad SMARTS) is 1. The third kappa shape index (κ3) is 2.82. The van der Waals surface area contributed by atoms with Gasteiger partial charge in [0.2, 0.25) is 5.91 Å². The highest BCUT2D eigenvalue weighted by Gasteiger charge is 2.42. The Kier molecular flexibility index (Phi) is 4.39. The lowest BCUT2D eigenvalue weighted by atomic mass is 9.78. The van der Waals surface area contributed by atoms with Gasteiger partial charge in [0, 0.05) is 0 Å². The fourth-order valence-corrected chi connectivity index (χ4v) is 2.83. The Morgan fingerprint density at radius 2 is 1.80 bits per heavy atom. The Morgan fingerprint density at radius 3 is 2.35 bits per heavy atom. The number of carbonyl (C=O) groups is 2. The van der Waals surface area contributed by atoms with Gasteiger partial charge in [-0.1, -0.05) is 43.2 Å². The Morgan fingerprint density at radius 1 is 1.20 bits per heavy atom. The van der Waals surface area contributed by atoms with Crippen LogP contribution in [0.25, 0.3) is 0 Å². The first-order valence-electron chi connectivity index (χ1n) is 6.81. The Hall–Kier alpha value is -1.88. The van der Waals surface area contributed by atoms with E-state index in [-0.39, 0.29) is 12.5 Å². The summed E-state index contributed by atoms with van der Waals surface area (Å²) in [5.41, 5.74) is 0.374. The standard InChI is InChI=1S/C15H19NO4/c17-12(13(18)19)10-16-14(20)15(8-4-5-9-15)11-6-2-1-3-7-11/h1-3,6-7,12,17H,4-5,8-10H2,(H,16,20)(H,18,19). The summed E-state index contributed by atoms with van der Waals surface area (Å²) in [6.07, 6.45) is 1.90. The van der Waals surface area contributed by atoms with Crippen molar-refractivity contribution in [3.05, 3.63) is 35.9 Å². The van der Waals surface area contributed by atoms with Crippen LogP contribution in [-0.4, -0.2) is 34.7 Å². The highest BCUT2D eigenvalue weighted by molar-refractivity contribution is 5.89. The van der Waals surface area contributed by atoms with Crippen LogP contribution in [0.5, 0.6) is 0 Å². The van der Waals surface area contributed by atoms with Gasteiger partial charge >= 0.3 is 5.97 Å². The first-order valence-corrected chi connectivity index (χ1v) is 6.81. The molecule has 0 heterocycles. The second kappa shape index (κ2) is 6.05. The smallest absolute Gasteiger partial charge is 0.334 e. The third-order valence-electron chi connectivity index (χ3n) is 3.96. The number of aliphatic hydroxyl groups excluding tert-OH is 1. The van der Waals surface area contributed by atoms with Crippen LogP contribution in [0.3, 0.4) is 0 Å². The van der Waals surface area contributed by atoms with E-state index in [4.69, 9.17) is 5.11 Å². The zero-order chi connectivity index (χ0) is 14.6. The number of benzene rings is 1. The molecule has 1 saturated carbocycles. The second-order valence-corrected chi connectivity index (χ2v) is 5.22. The molecular weight excluding hydrogens is 258 g/mol. The number of carbonyl (C=O) groups excluding carboxylic acids is 1. The van der Waals surface area contributed by atoms with Crippen LogP contribution in [0.1, 0.15) is 31.2 Å². The Balaban J connectivity index is 2.13. The molecule has 3 N–H and O–H groups in total. The topological polar surface area (TPSA) is 86.6 Å². The molecule has 0 aliphatic heterocycles. The maximum atomic E-state index is 12.5. The molecule has 1 atom stereocenters. The fraction of sp³-hybridized carbons (Fsp3) is 0.467. The van der Waals surface area contributed by atoms with Crippen molar-refractivity contribution in [2.24, 2.45) is 0 Å². The van der Waals surface area contributed by atoms with Gasteiger partial charge < -0.3 is 15.5 Å². The van der Waals surface area contributed by atoms with E-state index in [2.05, 4.69) is 5.32 Å². The number of carboxylic acids is 1. The summed E-state index contributed by atoms with van der Waals surface area (Å²) in [5, 5.41) is 20.5. The maximum absolute atomic E-state index is 12.5. The van der Waals surface area contributed by atoms with Crippen LogP contribution in [-0.2, 0) is 15.0 Å². The number of nitrogens with one attached hydrogen (secondary N) is 1. The van der Waals surface area contributed by atoms with Gasteiger partial charge in [0.1, 0.15) is 0 Å². The molecule has 0 bridgehead atoms. The van der Waals surface area contributed by atoms with E-state index >= 15 is 0 Å². The zero-order valence-electron chi connectivity index (χ0n) is 11.2. The summed E-state index contributed by atoms with van der Waals surface area (Å²) in [5.74, 6) is -1.52. The maximum Gasteiger partial charge on any atom is 0.334 e. The van der Waals surface area contributed by atoms with Crippen LogP contribution in [0, 0.1) is 0 Å². The molecule has 1 aliphatic carbocycles. The van der Waals surface area contributed by atoms with Gasteiger partial charge in [0.05, 0.1) is 12.0 Å². The lowest BCUT2D eigenvalue weighted by molar-refractivity contribution is -0.146. The van der Waals surface area contributed by atoms with Gasteiger partial charge in [-0.2, -0.15) is 0 Å². The van der Waals surface area contributed by atoms with Gasteiger partial charge in [-0.25, -0.2) is 4.79 Å². The van der Waals surface area contributed by atoms with Crippen LogP contribution in [0.15, 0.2) is 30.3 Å². The molecule has 108 valence electrons. The summed E-state index contributed by atoms with van der Waals surface area (Å²) in [6, 6.07) is 9.55. The van der Waals surface area contributed by atoms with E-state index in [1.54, 1.807) is 0 Å². The number of hydrogen-bond acceptors (Lipinski definition) is 3. The van der Waals surface area contributed by atoms with Crippen LogP contribution >= 0.6 is 0 Å². The first-order chi connectivity index (χ1) is 9.56. The molecular formula is C15H19NO4. The number of rotatable bonds is 5. The average molecular weight is 277 g/mol. The third-order valence-corrected chi connectivity index (χ3v) is 3.96. The molecule has 1 unspecified atom stereocenters. The summed E-state index contributed by atoms with van der Waals surface area (Å²) in [4.78, 5) is 23.1. The van der Waals surface area contributed by atoms with Gasteiger partial charge in [-0.05, 0) is 18.4 Å². The summed E-state index contributed by atoms with van der Waals surface area (Å²) < 4.78 is 0. The Bertz CT molecular complexity index is 480. The van der Waals surface area contributed by atoms with Crippen molar-refractivity contribution in [2.75, 3.05) is 6.54 Å². The summed E-state index contributed by atoms with van der Waals surface area (Å²) >= 11 is 0. The van der Waals surface area contributed by atoms with Gasteiger partial charge in [-0.3, -0.25) is 4.79 Å². The van der Waals surface area contributed by atoms with Crippen molar-refractivity contribution in [3.63, 3.8) is 0 Å². The number of aliphatic hydroxyl groups is 1. The number of amides is 1. The summed E-state index contributed by atoms with van der Waals surface area (Å²) in [7, 11) is 0. The monoisotopic (exact) mass is 277 g/mol. The normalized spacial score (nSPS) is 18.4. The molecule has 1 aliphatic rings. The number of aliphatic carboxylic acids is 1. The van der Waals surface area contributed by atoms with Crippen LogP contribution in [0.4, 0.5) is 0 Å². The van der Waals surface area contributed by atoms with E-state index in [1.807, 2.05) is 30.3 Å². The van der Waals surface area contributed by atoms with Crippen molar-refractivity contribution in [1.82, 2.24) is 5.32 Å². The molecule has 1 amide bonds. The molecule has 1 fully saturated rings. The van der Waals surface area contributed by atoms with E-state index in [0.717, 1.165) is 31.2 Å². The van der Waals surface area contributed by atoms with Crippen molar-refractivity contribution < 1.29 is 19.8 Å². The van der Waals surface area contributed by atoms with Gasteiger partial charge in [0.25, 0.3) is 0 Å². The van der Waals surface area contributed by atoms with Gasteiger partial charge in [-0.15, -0.1) is 0 Å². The van der Waals surface area contributed by atoms with Crippen molar-refractivity contribution in [2.45, 2.75) is 37.2 Å². The number of hydrogen-bond donors (Lipinski definition) is 3. The quantitative estimate of drug-likeness (QED) is 0.751. The molecule has 0 saturated heterocycles. The molecule has 1 aromatic carbocycles. The lowest BCUT2D eigenvalue weighted by Crippen LogP contribution is -2.46. The zero-order valence-corrected chi connectivity index (χ0v) is 11.2. The highest BCUT2D eigenvalue weighted by Crippen LogP contribution is 2.41. The largest absolute Gasteiger partial charge is 0.479 e. The highest BCUT2D eigenvalue weighted by atomic mass is 16.4. The second-order valence-electron chi connectivity index (χ2n) is 5.22. The minimum absolute atomic E-state index is 0.193. The van der Waals surface area contributed by atoms with E-state index in [1.165, 1.54) is 0 Å². The Labute approximate surface area is 117 Å². The molecule has 2 rings (SSSR count). The molecule has 5 heteroatoms. The molecule has 0 radical (unpaired) electrons. The molecule has 20 heavy (non-hydrogen) atoms. The van der Waals surface area contributed by atoms with Crippen molar-refractivity contribution in [3.8, 4) is 0 Å². The van der Waals surface area contributed by atoms with E-state index < -0.39 is 17.5 Å². The molecule has 1 aromatic rings. The summed E-state index contributed by atoms with van der Waals surface area (Å²) in [6.45, 7) is -0.261. The fourth-order valence-electron chi connectivity index (χ4n) is 2.83. The first kappa shape index (κ1) is 14.5. The van der Waals surface area contributed by atoms with E-state index in [0.29, 0.717) is 0 Å². The molecule has 0 aromatic heterocycles. The SMILES string of the molecule is O=C(O)C(O)CNC(=O)C1(c2ccccc2)CCCC1. The average Bonchev–Trinajstić information content (AvgIpc) is 2.96. The molecule has 0 spiro atoms. The predicted molar refractivity (Wildman–Crippen MR) is 73.2 cm³/mol. The molecule has 5 nitrogen and oxygen atoms in total. The van der Waals surface area contributed by atoms with Crippen LogP contribution in [0.2, 0.25) is 0 Å². The van der Waals surface area contributed by atoms with Crippen molar-refractivity contribution in [1.29, 1.82) is 0 Å². The van der Waals surface area contributed by atoms with Crippen molar-refractivity contribution >= 4 is 11.9 Å². The van der Waals surface area contributed by atoms with Gasteiger partial charge in [0.15, 0.2) is 6.10 Å².